The van der Waals surface area contributed by atoms with Crippen LogP contribution < -0.4 is 5.32 Å². The standard InChI is InChI=1S/C19H29N5O2/c1-5-26-19(25)15-12-21-18-16(14(3)22-23(18)4)17(15)20-9-11-24-10-7-6-8-13(24)2/h12-13H,5-11H2,1-4H3,(H,20,21). The van der Waals surface area contributed by atoms with Gasteiger partial charge in [-0.15, -0.1) is 0 Å². The highest BCUT2D eigenvalue weighted by molar-refractivity contribution is 6.05. The van der Waals surface area contributed by atoms with Gasteiger partial charge in [0.05, 0.1) is 23.4 Å². The third-order valence-electron chi connectivity index (χ3n) is 5.16. The molecule has 142 valence electrons. The fourth-order valence-corrected chi connectivity index (χ4v) is 3.77. The number of piperidine rings is 1. The van der Waals surface area contributed by atoms with Gasteiger partial charge in [0.2, 0.25) is 0 Å². The molecule has 1 N–H and O–H groups in total. The highest BCUT2D eigenvalue weighted by Gasteiger charge is 2.22. The molecule has 0 aromatic carbocycles. The van der Waals surface area contributed by atoms with Gasteiger partial charge >= 0.3 is 5.97 Å². The van der Waals surface area contributed by atoms with Crippen LogP contribution >= 0.6 is 0 Å². The summed E-state index contributed by atoms with van der Waals surface area (Å²) in [4.78, 5) is 19.3. The smallest absolute Gasteiger partial charge is 0.341 e. The third kappa shape index (κ3) is 3.67. The van der Waals surface area contributed by atoms with E-state index in [9.17, 15) is 4.79 Å². The maximum Gasteiger partial charge on any atom is 0.341 e. The Morgan fingerprint density at radius 2 is 2.23 bits per heavy atom. The highest BCUT2D eigenvalue weighted by atomic mass is 16.5. The van der Waals surface area contributed by atoms with Crippen LogP contribution in [0.4, 0.5) is 5.69 Å². The number of rotatable bonds is 6. The summed E-state index contributed by atoms with van der Waals surface area (Å²) in [6.45, 7) is 9.25. The number of hydrogen-bond donors (Lipinski definition) is 1. The van der Waals surface area contributed by atoms with E-state index in [1.54, 1.807) is 10.9 Å². The Morgan fingerprint density at radius 1 is 1.42 bits per heavy atom. The fourth-order valence-electron chi connectivity index (χ4n) is 3.77. The van der Waals surface area contributed by atoms with Gasteiger partial charge in [0.25, 0.3) is 0 Å². The third-order valence-corrected chi connectivity index (χ3v) is 5.16. The molecule has 1 aliphatic rings. The second-order valence-electron chi connectivity index (χ2n) is 6.98. The van der Waals surface area contributed by atoms with Crippen molar-refractivity contribution in [1.82, 2.24) is 19.7 Å². The minimum Gasteiger partial charge on any atom is -0.462 e. The predicted molar refractivity (Wildman–Crippen MR) is 103 cm³/mol. The average molecular weight is 359 g/mol. The van der Waals surface area contributed by atoms with E-state index in [0.29, 0.717) is 18.2 Å². The molecule has 1 unspecified atom stereocenters. The number of carbonyl (C=O) groups excluding carboxylic acids is 1. The number of carbonyl (C=O) groups is 1. The number of ether oxygens (including phenoxy) is 1. The lowest BCUT2D eigenvalue weighted by Gasteiger charge is -2.33. The number of pyridine rings is 1. The molecule has 2 aromatic heterocycles. The zero-order valence-corrected chi connectivity index (χ0v) is 16.2. The van der Waals surface area contributed by atoms with E-state index in [1.165, 1.54) is 19.3 Å². The van der Waals surface area contributed by atoms with E-state index < -0.39 is 0 Å². The Bertz CT molecular complexity index is 786. The molecule has 0 radical (unpaired) electrons. The minimum absolute atomic E-state index is 0.341. The van der Waals surface area contributed by atoms with Gasteiger partial charge in [0.15, 0.2) is 5.65 Å². The van der Waals surface area contributed by atoms with Crippen LogP contribution in [0.2, 0.25) is 0 Å². The zero-order chi connectivity index (χ0) is 18.7. The first-order valence-corrected chi connectivity index (χ1v) is 9.50. The van der Waals surface area contributed by atoms with Crippen molar-refractivity contribution < 1.29 is 9.53 Å². The van der Waals surface area contributed by atoms with Crippen molar-refractivity contribution >= 4 is 22.7 Å². The molecule has 0 aliphatic carbocycles. The lowest BCUT2D eigenvalue weighted by atomic mass is 10.0. The van der Waals surface area contributed by atoms with Crippen LogP contribution in [0, 0.1) is 6.92 Å². The Hall–Kier alpha value is -2.15. The molecule has 1 fully saturated rings. The van der Waals surface area contributed by atoms with Crippen molar-refractivity contribution in [3.05, 3.63) is 17.5 Å². The van der Waals surface area contributed by atoms with Crippen molar-refractivity contribution in [1.29, 1.82) is 0 Å². The molecule has 26 heavy (non-hydrogen) atoms. The molecule has 1 aliphatic heterocycles. The van der Waals surface area contributed by atoms with E-state index in [2.05, 4.69) is 27.2 Å². The topological polar surface area (TPSA) is 72.3 Å². The minimum atomic E-state index is -0.348. The molecule has 2 aromatic rings. The molecule has 1 saturated heterocycles. The Labute approximate surface area is 154 Å². The van der Waals surface area contributed by atoms with Crippen LogP contribution in [0.5, 0.6) is 0 Å². The molecule has 1 atom stereocenters. The number of likely N-dealkylation sites (tertiary alicyclic amines) is 1. The summed E-state index contributed by atoms with van der Waals surface area (Å²) < 4.78 is 6.97. The normalized spacial score (nSPS) is 18.2. The van der Waals surface area contributed by atoms with Crippen LogP contribution in [0.15, 0.2) is 6.20 Å². The molecule has 0 bridgehead atoms. The lowest BCUT2D eigenvalue weighted by molar-refractivity contribution is 0.0527. The average Bonchev–Trinajstić information content (AvgIpc) is 2.91. The summed E-state index contributed by atoms with van der Waals surface area (Å²) >= 11 is 0. The first kappa shape index (κ1) is 18.6. The molecule has 3 rings (SSSR count). The number of nitrogens with zero attached hydrogens (tertiary/aromatic N) is 4. The van der Waals surface area contributed by atoms with E-state index in [0.717, 1.165) is 42.0 Å². The number of fused-ring (bicyclic) bond motifs is 1. The predicted octanol–water partition coefficient (Wildman–Crippen LogP) is 2.74. The highest BCUT2D eigenvalue weighted by Crippen LogP contribution is 2.29. The van der Waals surface area contributed by atoms with Crippen molar-refractivity contribution in [2.24, 2.45) is 7.05 Å². The van der Waals surface area contributed by atoms with Gasteiger partial charge in [-0.2, -0.15) is 5.10 Å². The second-order valence-corrected chi connectivity index (χ2v) is 6.98. The van der Waals surface area contributed by atoms with Gasteiger partial charge in [0.1, 0.15) is 5.56 Å². The van der Waals surface area contributed by atoms with Crippen LogP contribution in [-0.2, 0) is 11.8 Å². The Kier molecular flexibility index (Phi) is 5.76. The van der Waals surface area contributed by atoms with Gasteiger partial charge in [-0.05, 0) is 40.2 Å². The van der Waals surface area contributed by atoms with Crippen LogP contribution in [-0.4, -0.2) is 57.9 Å². The second kappa shape index (κ2) is 8.03. The van der Waals surface area contributed by atoms with Crippen LogP contribution in [0.1, 0.15) is 49.2 Å². The Balaban J connectivity index is 1.86. The van der Waals surface area contributed by atoms with Gasteiger partial charge in [-0.25, -0.2) is 9.78 Å². The molecule has 0 saturated carbocycles. The summed E-state index contributed by atoms with van der Waals surface area (Å²) in [5.41, 5.74) is 2.88. The SMILES string of the molecule is CCOC(=O)c1cnc2c(c(C)nn2C)c1NCCN1CCCCC1C. The maximum atomic E-state index is 12.4. The Morgan fingerprint density at radius 3 is 2.96 bits per heavy atom. The van der Waals surface area contributed by atoms with Crippen molar-refractivity contribution in [2.75, 3.05) is 31.6 Å². The summed E-state index contributed by atoms with van der Waals surface area (Å²) in [5, 5.41) is 8.83. The molecular weight excluding hydrogens is 330 g/mol. The molecular formula is C19H29N5O2. The number of hydrogen-bond acceptors (Lipinski definition) is 6. The molecule has 7 heteroatoms. The number of esters is 1. The molecule has 3 heterocycles. The molecule has 0 spiro atoms. The largest absolute Gasteiger partial charge is 0.462 e. The summed E-state index contributed by atoms with van der Waals surface area (Å²) in [6, 6.07) is 0.618. The first-order valence-electron chi connectivity index (χ1n) is 9.50. The quantitative estimate of drug-likeness (QED) is 0.800. The number of aryl methyl sites for hydroxylation is 2. The van der Waals surface area contributed by atoms with Crippen molar-refractivity contribution in [3.63, 3.8) is 0 Å². The zero-order valence-electron chi connectivity index (χ0n) is 16.2. The first-order chi connectivity index (χ1) is 12.5. The van der Waals surface area contributed by atoms with E-state index in [1.807, 2.05) is 20.9 Å². The molecule has 7 nitrogen and oxygen atoms in total. The lowest BCUT2D eigenvalue weighted by Crippen LogP contribution is -2.40. The number of nitrogens with one attached hydrogen (secondary N) is 1. The van der Waals surface area contributed by atoms with Gasteiger partial charge in [-0.1, -0.05) is 6.42 Å². The van der Waals surface area contributed by atoms with Crippen molar-refractivity contribution in [2.45, 2.75) is 46.1 Å². The van der Waals surface area contributed by atoms with Gasteiger partial charge in [-0.3, -0.25) is 9.58 Å². The fraction of sp³-hybridized carbons (Fsp3) is 0.632. The monoisotopic (exact) mass is 359 g/mol. The van der Waals surface area contributed by atoms with Crippen LogP contribution in [0.25, 0.3) is 11.0 Å². The summed E-state index contributed by atoms with van der Waals surface area (Å²) in [6.07, 6.45) is 5.43. The molecule has 0 amide bonds. The number of aromatic nitrogens is 3. The summed E-state index contributed by atoms with van der Waals surface area (Å²) in [7, 11) is 1.87. The van der Waals surface area contributed by atoms with E-state index >= 15 is 0 Å². The van der Waals surface area contributed by atoms with Crippen LogP contribution in [0.3, 0.4) is 0 Å². The van der Waals surface area contributed by atoms with Gasteiger partial charge < -0.3 is 10.1 Å². The number of anilines is 1. The van der Waals surface area contributed by atoms with Crippen molar-refractivity contribution in [3.8, 4) is 0 Å². The van der Waals surface area contributed by atoms with E-state index in [-0.39, 0.29) is 5.97 Å². The summed E-state index contributed by atoms with van der Waals surface area (Å²) in [5.74, 6) is -0.348. The maximum absolute atomic E-state index is 12.4. The van der Waals surface area contributed by atoms with Gasteiger partial charge in [0, 0.05) is 32.4 Å². The van der Waals surface area contributed by atoms with E-state index in [4.69, 9.17) is 4.74 Å².